The van der Waals surface area contributed by atoms with Crippen molar-refractivity contribution in [3.63, 3.8) is 0 Å². The molecule has 2 aromatic carbocycles. The van der Waals surface area contributed by atoms with Crippen LogP contribution in [0, 0.1) is 5.41 Å². The van der Waals surface area contributed by atoms with Crippen LogP contribution in [0.25, 0.3) is 11.1 Å². The highest BCUT2D eigenvalue weighted by molar-refractivity contribution is 6.74. The second-order valence-electron chi connectivity index (χ2n) is 10.6. The summed E-state index contributed by atoms with van der Waals surface area (Å²) in [5.74, 6) is 0.916. The fourth-order valence-electron chi connectivity index (χ4n) is 2.98. The molecule has 154 valence electrons. The molecule has 0 spiro atoms. The Kier molecular flexibility index (Phi) is 6.83. The van der Waals surface area contributed by atoms with E-state index < -0.39 is 8.32 Å². The van der Waals surface area contributed by atoms with Crippen molar-refractivity contribution >= 4 is 8.32 Å². The maximum atomic E-state index is 6.42. The number of ether oxygens (including phenoxy) is 1. The summed E-state index contributed by atoms with van der Waals surface area (Å²) in [4.78, 5) is 0. The van der Waals surface area contributed by atoms with Crippen molar-refractivity contribution in [3.05, 3.63) is 53.6 Å². The van der Waals surface area contributed by atoms with E-state index in [-0.39, 0.29) is 10.5 Å². The Bertz CT molecular complexity index is 795. The van der Waals surface area contributed by atoms with Crippen LogP contribution in [0.1, 0.15) is 52.7 Å². The monoisotopic (exact) mass is 398 g/mol. The van der Waals surface area contributed by atoms with Gasteiger partial charge in [0.05, 0.1) is 13.7 Å². The van der Waals surface area contributed by atoms with Crippen molar-refractivity contribution in [2.24, 2.45) is 5.41 Å². The molecular formula is C25H38O2Si. The molecule has 0 fully saturated rings. The van der Waals surface area contributed by atoms with E-state index in [1.165, 1.54) is 22.3 Å². The first-order valence-corrected chi connectivity index (χ1v) is 13.1. The van der Waals surface area contributed by atoms with E-state index in [1.807, 2.05) is 0 Å². The molecule has 0 heterocycles. The van der Waals surface area contributed by atoms with E-state index in [0.29, 0.717) is 6.61 Å². The predicted molar refractivity (Wildman–Crippen MR) is 124 cm³/mol. The maximum Gasteiger partial charge on any atom is 0.192 e. The third-order valence-electron chi connectivity index (χ3n) is 5.60. The van der Waals surface area contributed by atoms with Crippen molar-refractivity contribution in [2.45, 2.75) is 72.7 Å². The quantitative estimate of drug-likeness (QED) is 0.470. The number of benzene rings is 2. The van der Waals surface area contributed by atoms with Crippen LogP contribution in [0.3, 0.4) is 0 Å². The molecule has 0 saturated carbocycles. The molecule has 0 radical (unpaired) electrons. The second kappa shape index (κ2) is 8.42. The SMILES string of the molecule is COc1cc(CC(C)(C)C)cc(-c2cccc(CO[Si](C)(C)C(C)(C)C)c2)c1. The number of hydrogen-bond donors (Lipinski definition) is 0. The van der Waals surface area contributed by atoms with Crippen molar-refractivity contribution in [2.75, 3.05) is 7.11 Å². The standard InChI is InChI=1S/C25H38O2Si/c1-24(2,3)17-20-14-22(16-23(15-20)26-7)21-12-10-11-19(13-21)18-27-28(8,9)25(4,5)6/h10-16H,17-18H2,1-9H3. The lowest BCUT2D eigenvalue weighted by Gasteiger charge is -2.36. The topological polar surface area (TPSA) is 18.5 Å². The molecule has 0 unspecified atom stereocenters. The van der Waals surface area contributed by atoms with Crippen LogP contribution in [-0.4, -0.2) is 15.4 Å². The predicted octanol–water partition coefficient (Wildman–Crippen LogP) is 7.47. The number of methoxy groups -OCH3 is 1. The molecule has 2 nitrogen and oxygen atoms in total. The Hall–Kier alpha value is -1.58. The molecule has 0 amide bonds. The Morgan fingerprint density at radius 2 is 1.46 bits per heavy atom. The minimum absolute atomic E-state index is 0.221. The average molecular weight is 399 g/mol. The van der Waals surface area contributed by atoms with E-state index in [1.54, 1.807) is 7.11 Å². The van der Waals surface area contributed by atoms with Gasteiger partial charge in [-0.05, 0) is 70.4 Å². The summed E-state index contributed by atoms with van der Waals surface area (Å²) in [6, 6.07) is 15.3. The van der Waals surface area contributed by atoms with Gasteiger partial charge in [0.2, 0.25) is 0 Å². The molecule has 2 rings (SSSR count). The molecule has 0 aliphatic rings. The van der Waals surface area contributed by atoms with E-state index in [4.69, 9.17) is 9.16 Å². The maximum absolute atomic E-state index is 6.42. The van der Waals surface area contributed by atoms with Crippen LogP contribution in [0.2, 0.25) is 18.1 Å². The summed E-state index contributed by atoms with van der Waals surface area (Å²) in [5.41, 5.74) is 5.19. The average Bonchev–Trinajstić information content (AvgIpc) is 2.57. The minimum Gasteiger partial charge on any atom is -0.497 e. The third-order valence-corrected chi connectivity index (χ3v) is 10.1. The lowest BCUT2D eigenvalue weighted by Crippen LogP contribution is -2.40. The minimum atomic E-state index is -1.75. The van der Waals surface area contributed by atoms with Gasteiger partial charge < -0.3 is 9.16 Å². The lowest BCUT2D eigenvalue weighted by molar-refractivity contribution is 0.276. The smallest absolute Gasteiger partial charge is 0.192 e. The van der Waals surface area contributed by atoms with Gasteiger partial charge in [-0.3, -0.25) is 0 Å². The highest BCUT2D eigenvalue weighted by Gasteiger charge is 2.37. The van der Waals surface area contributed by atoms with Gasteiger partial charge in [-0.2, -0.15) is 0 Å². The van der Waals surface area contributed by atoms with Gasteiger partial charge in [-0.15, -0.1) is 0 Å². The molecule has 0 saturated heterocycles. The Labute approximate surface area is 173 Å². The van der Waals surface area contributed by atoms with Crippen LogP contribution in [0.4, 0.5) is 0 Å². The summed E-state index contributed by atoms with van der Waals surface area (Å²) < 4.78 is 12.0. The molecule has 0 atom stereocenters. The van der Waals surface area contributed by atoms with Crippen LogP contribution in [-0.2, 0) is 17.5 Å². The molecule has 0 bridgehead atoms. The molecule has 0 aromatic heterocycles. The van der Waals surface area contributed by atoms with Crippen molar-refractivity contribution in [3.8, 4) is 16.9 Å². The van der Waals surface area contributed by atoms with Crippen LogP contribution < -0.4 is 4.74 Å². The zero-order chi connectivity index (χ0) is 21.2. The van der Waals surface area contributed by atoms with Crippen LogP contribution in [0.5, 0.6) is 5.75 Å². The first-order valence-electron chi connectivity index (χ1n) is 10.2. The normalized spacial score (nSPS) is 12.9. The lowest BCUT2D eigenvalue weighted by atomic mass is 9.87. The van der Waals surface area contributed by atoms with Crippen molar-refractivity contribution in [1.82, 2.24) is 0 Å². The summed E-state index contributed by atoms with van der Waals surface area (Å²) in [7, 11) is -0.0153. The summed E-state index contributed by atoms with van der Waals surface area (Å²) in [6.07, 6.45) is 1.02. The molecule has 0 aliphatic carbocycles. The second-order valence-corrected chi connectivity index (χ2v) is 15.4. The Morgan fingerprint density at radius 3 is 2.04 bits per heavy atom. The fraction of sp³-hybridized carbons (Fsp3) is 0.520. The fourth-order valence-corrected chi connectivity index (χ4v) is 3.94. The molecular weight excluding hydrogens is 360 g/mol. The zero-order valence-corrected chi connectivity index (χ0v) is 20.3. The van der Waals surface area contributed by atoms with E-state index in [9.17, 15) is 0 Å². The van der Waals surface area contributed by atoms with Gasteiger partial charge in [-0.25, -0.2) is 0 Å². The highest BCUT2D eigenvalue weighted by atomic mass is 28.4. The van der Waals surface area contributed by atoms with Gasteiger partial charge in [0, 0.05) is 0 Å². The number of rotatable bonds is 6. The highest BCUT2D eigenvalue weighted by Crippen LogP contribution is 2.37. The van der Waals surface area contributed by atoms with E-state index >= 15 is 0 Å². The molecule has 28 heavy (non-hydrogen) atoms. The molecule has 0 aliphatic heterocycles. The van der Waals surface area contributed by atoms with Gasteiger partial charge >= 0.3 is 0 Å². The first kappa shape index (κ1) is 22.7. The Balaban J connectivity index is 2.29. The van der Waals surface area contributed by atoms with Gasteiger partial charge in [0.15, 0.2) is 8.32 Å². The third kappa shape index (κ3) is 6.21. The summed E-state index contributed by atoms with van der Waals surface area (Å²) in [6.45, 7) is 18.9. The van der Waals surface area contributed by atoms with Gasteiger partial charge in [0.1, 0.15) is 5.75 Å². The number of hydrogen-bond acceptors (Lipinski definition) is 2. The Morgan fingerprint density at radius 1 is 0.821 bits per heavy atom. The summed E-state index contributed by atoms with van der Waals surface area (Å²) in [5, 5.41) is 0.221. The van der Waals surface area contributed by atoms with E-state index in [2.05, 4.69) is 97.1 Å². The first-order chi connectivity index (χ1) is 12.8. The van der Waals surface area contributed by atoms with E-state index in [0.717, 1.165) is 12.2 Å². The van der Waals surface area contributed by atoms with Gasteiger partial charge in [0.25, 0.3) is 0 Å². The summed E-state index contributed by atoms with van der Waals surface area (Å²) >= 11 is 0. The van der Waals surface area contributed by atoms with Gasteiger partial charge in [-0.1, -0.05) is 65.8 Å². The molecule has 3 heteroatoms. The molecule has 2 aromatic rings. The van der Waals surface area contributed by atoms with Crippen molar-refractivity contribution in [1.29, 1.82) is 0 Å². The zero-order valence-electron chi connectivity index (χ0n) is 19.3. The van der Waals surface area contributed by atoms with Crippen LogP contribution >= 0.6 is 0 Å². The largest absolute Gasteiger partial charge is 0.497 e. The molecule has 0 N–H and O–H groups in total. The van der Waals surface area contributed by atoms with Crippen LogP contribution in [0.15, 0.2) is 42.5 Å². The van der Waals surface area contributed by atoms with Crippen molar-refractivity contribution < 1.29 is 9.16 Å².